The summed E-state index contributed by atoms with van der Waals surface area (Å²) in [6, 6.07) is 2.66. The Morgan fingerprint density at radius 2 is 2.22 bits per heavy atom. The summed E-state index contributed by atoms with van der Waals surface area (Å²) in [6.07, 6.45) is 2.45. The molecular weight excluding hydrogens is 246 g/mol. The Kier molecular flexibility index (Phi) is 5.17. The van der Waals surface area contributed by atoms with Crippen LogP contribution in [0, 0.1) is 11.3 Å². The zero-order chi connectivity index (χ0) is 13.8. The largest absolute Gasteiger partial charge is 0.312 e. The molecule has 0 amide bonds. The molecule has 0 radical (unpaired) electrons. The van der Waals surface area contributed by atoms with Gasteiger partial charge in [-0.05, 0) is 27.2 Å². The first-order valence-electron chi connectivity index (χ1n) is 6.06. The molecule has 0 spiro atoms. The van der Waals surface area contributed by atoms with Crippen molar-refractivity contribution in [1.29, 1.82) is 5.26 Å². The molecule has 1 aromatic rings. The van der Waals surface area contributed by atoms with Gasteiger partial charge in [-0.2, -0.15) is 5.26 Å². The molecule has 5 nitrogen and oxygen atoms in total. The highest BCUT2D eigenvalue weighted by Crippen LogP contribution is 2.26. The predicted molar refractivity (Wildman–Crippen MR) is 73.2 cm³/mol. The topological polar surface area (TPSA) is 66.5 Å². The van der Waals surface area contributed by atoms with Gasteiger partial charge >= 0.3 is 0 Å². The van der Waals surface area contributed by atoms with E-state index in [9.17, 15) is 5.26 Å². The van der Waals surface area contributed by atoms with Crippen molar-refractivity contribution < 1.29 is 0 Å². The van der Waals surface area contributed by atoms with Crippen molar-refractivity contribution in [2.24, 2.45) is 7.05 Å². The molecular formula is C12H21N5S. The van der Waals surface area contributed by atoms with Gasteiger partial charge in [-0.15, -0.1) is 10.2 Å². The summed E-state index contributed by atoms with van der Waals surface area (Å²) in [7, 11) is 1.92. The van der Waals surface area contributed by atoms with E-state index in [1.807, 2.05) is 18.5 Å². The lowest BCUT2D eigenvalue weighted by atomic mass is 9.97. The minimum Gasteiger partial charge on any atom is -0.312 e. The van der Waals surface area contributed by atoms with Gasteiger partial charge < -0.3 is 4.57 Å². The molecule has 6 heteroatoms. The van der Waals surface area contributed by atoms with Crippen LogP contribution in [0.25, 0.3) is 0 Å². The zero-order valence-electron chi connectivity index (χ0n) is 11.6. The van der Waals surface area contributed by atoms with Crippen LogP contribution in [-0.2, 0) is 7.05 Å². The summed E-state index contributed by atoms with van der Waals surface area (Å²) in [5.41, 5.74) is -0.501. The van der Waals surface area contributed by atoms with Gasteiger partial charge in [-0.1, -0.05) is 18.7 Å². The second kappa shape index (κ2) is 6.21. The van der Waals surface area contributed by atoms with Crippen molar-refractivity contribution in [1.82, 2.24) is 20.1 Å². The molecule has 18 heavy (non-hydrogen) atoms. The second-order valence-corrected chi connectivity index (χ2v) is 6.51. The third-order valence-electron chi connectivity index (χ3n) is 2.53. The van der Waals surface area contributed by atoms with Gasteiger partial charge in [0.05, 0.1) is 6.07 Å². The molecule has 0 aliphatic rings. The first-order chi connectivity index (χ1) is 8.36. The number of nitrogens with one attached hydrogen (secondary N) is 1. The lowest BCUT2D eigenvalue weighted by molar-refractivity contribution is 0.382. The normalized spacial score (nSPS) is 16.3. The minimum absolute atomic E-state index is 0.293. The summed E-state index contributed by atoms with van der Waals surface area (Å²) in [5.74, 6) is 0. The van der Waals surface area contributed by atoms with Gasteiger partial charge in [-0.25, -0.2) is 0 Å². The first kappa shape index (κ1) is 15.0. The van der Waals surface area contributed by atoms with Crippen LogP contribution in [0.5, 0.6) is 0 Å². The van der Waals surface area contributed by atoms with Gasteiger partial charge in [0.1, 0.15) is 11.9 Å². The predicted octanol–water partition coefficient (Wildman–Crippen LogP) is 1.97. The van der Waals surface area contributed by atoms with Crippen molar-refractivity contribution in [3.8, 4) is 6.07 Å². The van der Waals surface area contributed by atoms with Crippen LogP contribution >= 0.6 is 11.8 Å². The number of aryl methyl sites for hydroxylation is 1. The van der Waals surface area contributed by atoms with E-state index in [1.54, 1.807) is 18.1 Å². The molecule has 0 saturated carbocycles. The second-order valence-electron chi connectivity index (χ2n) is 5.10. The van der Waals surface area contributed by atoms with Crippen LogP contribution in [-0.4, -0.2) is 31.6 Å². The zero-order valence-corrected chi connectivity index (χ0v) is 12.5. The van der Waals surface area contributed by atoms with Crippen LogP contribution in [0.3, 0.4) is 0 Å². The lowest BCUT2D eigenvalue weighted by Crippen LogP contribution is -2.46. The standard InChI is InChI=1S/C12H21N5S/c1-9(2)15-12(4,7-13)6-10(3)18-11-16-14-8-17(11)5/h8-10,15H,6H2,1-5H3. The van der Waals surface area contributed by atoms with E-state index in [1.165, 1.54) is 0 Å². The van der Waals surface area contributed by atoms with E-state index in [-0.39, 0.29) is 0 Å². The molecule has 0 saturated heterocycles. The fraction of sp³-hybridized carbons (Fsp3) is 0.750. The van der Waals surface area contributed by atoms with E-state index in [0.29, 0.717) is 11.3 Å². The van der Waals surface area contributed by atoms with Crippen LogP contribution in [0.4, 0.5) is 0 Å². The Hall–Kier alpha value is -1.06. The summed E-state index contributed by atoms with van der Waals surface area (Å²) in [4.78, 5) is 0. The first-order valence-corrected chi connectivity index (χ1v) is 6.94. The quantitative estimate of drug-likeness (QED) is 0.798. The Labute approximate surface area is 113 Å². The fourth-order valence-corrected chi connectivity index (χ4v) is 3.03. The summed E-state index contributed by atoms with van der Waals surface area (Å²) in [5, 5.41) is 21.7. The minimum atomic E-state index is -0.501. The third kappa shape index (κ3) is 4.31. The van der Waals surface area contributed by atoms with E-state index < -0.39 is 5.54 Å². The van der Waals surface area contributed by atoms with Gasteiger partial charge in [0.2, 0.25) is 0 Å². The average molecular weight is 267 g/mol. The Bertz CT molecular complexity index is 422. The van der Waals surface area contributed by atoms with E-state index in [4.69, 9.17) is 0 Å². The monoisotopic (exact) mass is 267 g/mol. The van der Waals surface area contributed by atoms with E-state index in [0.717, 1.165) is 11.6 Å². The van der Waals surface area contributed by atoms with Crippen LogP contribution < -0.4 is 5.32 Å². The number of thioether (sulfide) groups is 1. The van der Waals surface area contributed by atoms with Crippen molar-refractivity contribution in [2.45, 2.75) is 56.1 Å². The molecule has 2 atom stereocenters. The van der Waals surface area contributed by atoms with Gasteiger partial charge in [0.15, 0.2) is 5.16 Å². The Morgan fingerprint density at radius 1 is 1.56 bits per heavy atom. The number of rotatable bonds is 6. The van der Waals surface area contributed by atoms with Crippen molar-refractivity contribution >= 4 is 11.8 Å². The SMILES string of the molecule is CC(C)NC(C)(C#N)CC(C)Sc1nncn1C. The van der Waals surface area contributed by atoms with Crippen molar-refractivity contribution in [2.75, 3.05) is 0 Å². The van der Waals surface area contributed by atoms with Crippen molar-refractivity contribution in [3.05, 3.63) is 6.33 Å². The van der Waals surface area contributed by atoms with Crippen LogP contribution in [0.1, 0.15) is 34.1 Å². The molecule has 2 unspecified atom stereocenters. The fourth-order valence-electron chi connectivity index (χ4n) is 1.95. The van der Waals surface area contributed by atoms with E-state index in [2.05, 4.69) is 42.4 Å². The number of hydrogen-bond donors (Lipinski definition) is 1. The molecule has 100 valence electrons. The molecule has 0 aliphatic heterocycles. The van der Waals surface area contributed by atoms with Gasteiger partial charge in [0, 0.05) is 18.3 Å². The molecule has 1 N–H and O–H groups in total. The van der Waals surface area contributed by atoms with Crippen LogP contribution in [0.15, 0.2) is 11.5 Å². The van der Waals surface area contributed by atoms with E-state index >= 15 is 0 Å². The number of hydrogen-bond acceptors (Lipinski definition) is 5. The van der Waals surface area contributed by atoms with Crippen molar-refractivity contribution in [3.63, 3.8) is 0 Å². The smallest absolute Gasteiger partial charge is 0.190 e. The molecule has 1 rings (SSSR count). The average Bonchev–Trinajstić information content (AvgIpc) is 2.63. The Morgan fingerprint density at radius 3 is 2.67 bits per heavy atom. The lowest BCUT2D eigenvalue weighted by Gasteiger charge is -2.28. The molecule has 0 aromatic carbocycles. The Balaban J connectivity index is 2.60. The summed E-state index contributed by atoms with van der Waals surface area (Å²) >= 11 is 1.64. The molecule has 0 aliphatic carbocycles. The van der Waals surface area contributed by atoms with Gasteiger partial charge in [-0.3, -0.25) is 5.32 Å². The highest BCUT2D eigenvalue weighted by molar-refractivity contribution is 7.99. The highest BCUT2D eigenvalue weighted by Gasteiger charge is 2.27. The molecule has 0 fully saturated rings. The third-order valence-corrected chi connectivity index (χ3v) is 3.68. The highest BCUT2D eigenvalue weighted by atomic mass is 32.2. The molecule has 1 aromatic heterocycles. The summed E-state index contributed by atoms with van der Waals surface area (Å²) in [6.45, 7) is 8.16. The molecule has 1 heterocycles. The summed E-state index contributed by atoms with van der Waals surface area (Å²) < 4.78 is 1.89. The maximum atomic E-state index is 9.31. The molecule has 0 bridgehead atoms. The maximum absolute atomic E-state index is 9.31. The van der Waals surface area contributed by atoms with Gasteiger partial charge in [0.25, 0.3) is 0 Å². The number of nitrogens with zero attached hydrogens (tertiary/aromatic N) is 4. The number of nitriles is 1. The number of aromatic nitrogens is 3. The maximum Gasteiger partial charge on any atom is 0.190 e. The van der Waals surface area contributed by atoms with Crippen LogP contribution in [0.2, 0.25) is 0 Å².